The number of hydrogen-bond donors (Lipinski definition) is 2. The summed E-state index contributed by atoms with van der Waals surface area (Å²) in [4.78, 5) is 27.7. The number of nitrogens with zero attached hydrogens (tertiary/aromatic N) is 3. The van der Waals surface area contributed by atoms with Crippen molar-refractivity contribution < 1.29 is 9.59 Å². The fourth-order valence-corrected chi connectivity index (χ4v) is 4.85. The number of nitrogens with one attached hydrogen (secondary N) is 2. The fraction of sp³-hybridized carbons (Fsp3) is 0.375. The summed E-state index contributed by atoms with van der Waals surface area (Å²) in [5, 5.41) is 11.8. The average Bonchev–Trinajstić information content (AvgIpc) is 3.49. The normalized spacial score (nSPS) is 20.0. The van der Waals surface area contributed by atoms with Crippen LogP contribution in [0.2, 0.25) is 0 Å². The third-order valence-corrected chi connectivity index (χ3v) is 6.41. The van der Waals surface area contributed by atoms with Gasteiger partial charge in [0.1, 0.15) is 0 Å². The first-order valence-corrected chi connectivity index (χ1v) is 10.9. The Labute approximate surface area is 181 Å². The van der Waals surface area contributed by atoms with E-state index in [1.807, 2.05) is 48.3 Å². The molecule has 0 aliphatic carbocycles. The molecule has 2 amide bonds. The molecule has 2 aromatic carbocycles. The van der Waals surface area contributed by atoms with Gasteiger partial charge in [0.15, 0.2) is 5.69 Å². The van der Waals surface area contributed by atoms with Crippen molar-refractivity contribution >= 4 is 28.4 Å². The van der Waals surface area contributed by atoms with Gasteiger partial charge in [0.25, 0.3) is 5.91 Å². The highest BCUT2D eigenvalue weighted by atomic mass is 16.2. The number of carbonyl (C=O) groups excluding carboxylic acids is 2. The zero-order valence-electron chi connectivity index (χ0n) is 17.7. The number of benzene rings is 2. The Balaban J connectivity index is 1.20. The summed E-state index contributed by atoms with van der Waals surface area (Å²) in [5.74, 6) is -0.0330. The fourth-order valence-electron chi connectivity index (χ4n) is 4.85. The van der Waals surface area contributed by atoms with Crippen molar-refractivity contribution in [1.82, 2.24) is 20.0 Å². The molecule has 2 N–H and O–H groups in total. The van der Waals surface area contributed by atoms with Gasteiger partial charge in [-0.3, -0.25) is 14.3 Å². The molecule has 7 heteroatoms. The van der Waals surface area contributed by atoms with Gasteiger partial charge in [-0.05, 0) is 37.0 Å². The second kappa shape index (κ2) is 8.06. The lowest BCUT2D eigenvalue weighted by molar-refractivity contribution is -0.121. The molecule has 2 atom stereocenters. The van der Waals surface area contributed by atoms with Crippen LogP contribution in [-0.4, -0.2) is 51.7 Å². The van der Waals surface area contributed by atoms with E-state index in [1.165, 1.54) is 5.56 Å². The van der Waals surface area contributed by atoms with E-state index in [4.69, 9.17) is 0 Å². The van der Waals surface area contributed by atoms with E-state index in [-0.39, 0.29) is 23.9 Å². The van der Waals surface area contributed by atoms with Gasteiger partial charge in [-0.15, -0.1) is 0 Å². The van der Waals surface area contributed by atoms with Crippen LogP contribution in [0.4, 0.5) is 5.69 Å². The molecule has 0 spiro atoms. The first kappa shape index (κ1) is 19.6. The minimum absolute atomic E-state index is 0.00551. The summed E-state index contributed by atoms with van der Waals surface area (Å²) in [7, 11) is 1.86. The number of hydrogen-bond acceptors (Lipinski definition) is 4. The van der Waals surface area contributed by atoms with Crippen molar-refractivity contribution in [3.8, 4) is 0 Å². The third-order valence-electron chi connectivity index (χ3n) is 6.41. The van der Waals surface area contributed by atoms with E-state index < -0.39 is 0 Å². The Kier molecular flexibility index (Phi) is 5.10. The number of anilines is 1. The van der Waals surface area contributed by atoms with Crippen LogP contribution in [0.3, 0.4) is 0 Å². The SMILES string of the molecule is Cn1nc(C(=O)N2CCC[C@@H]2CNC(=O)C[C@@H]2Cc3ccccc3N2)c2ccccc21. The molecule has 2 aliphatic heterocycles. The molecular formula is C24H27N5O2. The second-order valence-electron chi connectivity index (χ2n) is 8.49. The average molecular weight is 418 g/mol. The van der Waals surface area contributed by atoms with E-state index in [0.717, 1.165) is 35.9 Å². The molecule has 31 heavy (non-hydrogen) atoms. The Morgan fingerprint density at radius 3 is 2.84 bits per heavy atom. The zero-order valence-corrected chi connectivity index (χ0v) is 17.7. The van der Waals surface area contributed by atoms with Crippen LogP contribution in [0.5, 0.6) is 0 Å². The molecule has 1 fully saturated rings. The molecule has 0 bridgehead atoms. The monoisotopic (exact) mass is 417 g/mol. The third kappa shape index (κ3) is 3.76. The van der Waals surface area contributed by atoms with Gasteiger partial charge in [-0.25, -0.2) is 0 Å². The van der Waals surface area contributed by atoms with Crippen molar-refractivity contribution in [2.45, 2.75) is 37.8 Å². The van der Waals surface area contributed by atoms with Crippen molar-refractivity contribution in [2.75, 3.05) is 18.4 Å². The molecule has 3 heterocycles. The maximum absolute atomic E-state index is 13.3. The van der Waals surface area contributed by atoms with E-state index in [1.54, 1.807) is 4.68 Å². The number of amides is 2. The maximum atomic E-state index is 13.3. The molecule has 5 rings (SSSR count). The summed E-state index contributed by atoms with van der Waals surface area (Å²) in [6.45, 7) is 1.18. The summed E-state index contributed by atoms with van der Waals surface area (Å²) < 4.78 is 1.75. The van der Waals surface area contributed by atoms with Gasteiger partial charge in [0.2, 0.25) is 5.91 Å². The maximum Gasteiger partial charge on any atom is 0.275 e. The topological polar surface area (TPSA) is 79.3 Å². The Hall–Kier alpha value is -3.35. The molecule has 160 valence electrons. The van der Waals surface area contributed by atoms with Gasteiger partial charge in [0.05, 0.1) is 5.52 Å². The highest BCUT2D eigenvalue weighted by Gasteiger charge is 2.32. The molecule has 1 aromatic heterocycles. The van der Waals surface area contributed by atoms with Crippen LogP contribution in [0.25, 0.3) is 10.9 Å². The minimum atomic E-state index is -0.0542. The molecular weight excluding hydrogens is 390 g/mol. The molecule has 0 unspecified atom stereocenters. The number of aromatic nitrogens is 2. The molecule has 3 aromatic rings. The number of carbonyl (C=O) groups is 2. The second-order valence-corrected chi connectivity index (χ2v) is 8.49. The van der Waals surface area contributed by atoms with Crippen molar-refractivity contribution in [3.63, 3.8) is 0 Å². The van der Waals surface area contributed by atoms with Crippen LogP contribution < -0.4 is 10.6 Å². The lowest BCUT2D eigenvalue weighted by atomic mass is 10.1. The van der Waals surface area contributed by atoms with Crippen LogP contribution >= 0.6 is 0 Å². The minimum Gasteiger partial charge on any atom is -0.381 e. The van der Waals surface area contributed by atoms with Gasteiger partial charge < -0.3 is 15.5 Å². The standard InChI is InChI=1S/C24H27N5O2/c1-28-21-11-5-3-9-19(21)23(27-28)24(31)29-12-6-8-18(29)15-25-22(30)14-17-13-16-7-2-4-10-20(16)26-17/h2-5,7,9-11,17-18,26H,6,8,12-15H2,1H3,(H,25,30)/t17-,18+/m0/s1. The summed E-state index contributed by atoms with van der Waals surface area (Å²) in [5.41, 5.74) is 3.81. The Morgan fingerprint density at radius 1 is 1.16 bits per heavy atom. The highest BCUT2D eigenvalue weighted by Crippen LogP contribution is 2.27. The lowest BCUT2D eigenvalue weighted by Gasteiger charge is -2.24. The number of likely N-dealkylation sites (tertiary alicyclic amines) is 1. The van der Waals surface area contributed by atoms with Crippen molar-refractivity contribution in [2.24, 2.45) is 7.05 Å². The predicted molar refractivity (Wildman–Crippen MR) is 120 cm³/mol. The van der Waals surface area contributed by atoms with Crippen LogP contribution in [0, 0.1) is 0 Å². The highest BCUT2D eigenvalue weighted by molar-refractivity contribution is 6.05. The predicted octanol–water partition coefficient (Wildman–Crippen LogP) is 2.72. The Bertz CT molecular complexity index is 1110. The van der Waals surface area contributed by atoms with Gasteiger partial charge in [-0.2, -0.15) is 5.10 Å². The molecule has 2 aliphatic rings. The van der Waals surface area contributed by atoms with Gasteiger partial charge in [0, 0.05) is 49.7 Å². The van der Waals surface area contributed by atoms with Crippen LogP contribution in [0.15, 0.2) is 48.5 Å². The lowest BCUT2D eigenvalue weighted by Crippen LogP contribution is -2.44. The molecule has 1 saturated heterocycles. The number of aryl methyl sites for hydroxylation is 1. The molecule has 7 nitrogen and oxygen atoms in total. The van der Waals surface area contributed by atoms with Gasteiger partial charge >= 0.3 is 0 Å². The van der Waals surface area contributed by atoms with E-state index >= 15 is 0 Å². The number of fused-ring (bicyclic) bond motifs is 2. The summed E-state index contributed by atoms with van der Waals surface area (Å²) >= 11 is 0. The largest absolute Gasteiger partial charge is 0.381 e. The summed E-state index contributed by atoms with van der Waals surface area (Å²) in [6, 6.07) is 16.1. The first-order chi connectivity index (χ1) is 15.1. The first-order valence-electron chi connectivity index (χ1n) is 10.9. The van der Waals surface area contributed by atoms with E-state index in [9.17, 15) is 9.59 Å². The smallest absolute Gasteiger partial charge is 0.275 e. The Morgan fingerprint density at radius 2 is 1.97 bits per heavy atom. The van der Waals surface area contributed by atoms with E-state index in [2.05, 4.69) is 27.9 Å². The van der Waals surface area contributed by atoms with Crippen LogP contribution in [-0.2, 0) is 18.3 Å². The summed E-state index contributed by atoms with van der Waals surface area (Å²) in [6.07, 6.45) is 3.13. The molecule has 0 saturated carbocycles. The van der Waals surface area contributed by atoms with Crippen LogP contribution in [0.1, 0.15) is 35.3 Å². The zero-order chi connectivity index (χ0) is 21.4. The number of para-hydroxylation sites is 2. The molecule has 0 radical (unpaired) electrons. The van der Waals surface area contributed by atoms with Gasteiger partial charge in [-0.1, -0.05) is 36.4 Å². The van der Waals surface area contributed by atoms with Crippen molar-refractivity contribution in [3.05, 3.63) is 59.8 Å². The van der Waals surface area contributed by atoms with Crippen molar-refractivity contribution in [1.29, 1.82) is 0 Å². The quantitative estimate of drug-likeness (QED) is 0.669. The van der Waals surface area contributed by atoms with E-state index in [0.29, 0.717) is 25.2 Å². The number of rotatable bonds is 5.